The Morgan fingerprint density at radius 3 is 1.94 bits per heavy atom. The van der Waals surface area contributed by atoms with Crippen molar-refractivity contribution in [2.24, 2.45) is 0 Å². The standard InChI is InChI=1S/C26H38N6O/c1-6-29(7-2)16-18-31(19-17-30(8-3)9-4)23-12-10-22(11-13-23)26-28-24-20-27-15-14-25(24)32(26)21(5)33/h10-15,20H,6-9,16-19H2,1-5H3. The van der Waals surface area contributed by atoms with Gasteiger partial charge in [-0.25, -0.2) is 4.98 Å². The lowest BCUT2D eigenvalue weighted by molar-refractivity contribution is 0.0943. The third-order valence-electron chi connectivity index (χ3n) is 6.42. The molecule has 0 bridgehead atoms. The van der Waals surface area contributed by atoms with Crippen molar-refractivity contribution in [3.8, 4) is 11.4 Å². The summed E-state index contributed by atoms with van der Waals surface area (Å²) in [5.74, 6) is 0.609. The zero-order valence-electron chi connectivity index (χ0n) is 20.8. The van der Waals surface area contributed by atoms with Crippen LogP contribution in [0.15, 0.2) is 42.7 Å². The number of hydrogen-bond donors (Lipinski definition) is 0. The summed E-state index contributed by atoms with van der Waals surface area (Å²) in [6.45, 7) is 18.8. The van der Waals surface area contributed by atoms with Crippen molar-refractivity contribution in [2.75, 3.05) is 57.3 Å². The highest BCUT2D eigenvalue weighted by Gasteiger charge is 2.16. The van der Waals surface area contributed by atoms with Gasteiger partial charge in [-0.2, -0.15) is 0 Å². The first-order chi connectivity index (χ1) is 16.0. The van der Waals surface area contributed by atoms with Gasteiger partial charge in [-0.15, -0.1) is 0 Å². The summed E-state index contributed by atoms with van der Waals surface area (Å²) in [4.78, 5) is 28.6. The minimum Gasteiger partial charge on any atom is -0.369 e. The first kappa shape index (κ1) is 24.9. The fourth-order valence-corrected chi connectivity index (χ4v) is 4.24. The van der Waals surface area contributed by atoms with Crippen molar-refractivity contribution in [1.29, 1.82) is 0 Å². The summed E-state index contributed by atoms with van der Waals surface area (Å²) in [5, 5.41) is 0. The molecule has 0 unspecified atom stereocenters. The van der Waals surface area contributed by atoms with Crippen LogP contribution in [0.2, 0.25) is 0 Å². The van der Waals surface area contributed by atoms with Crippen LogP contribution in [0.25, 0.3) is 22.4 Å². The van der Waals surface area contributed by atoms with E-state index in [1.165, 1.54) is 5.69 Å². The molecule has 0 saturated carbocycles. The Labute approximate surface area is 198 Å². The maximum absolute atomic E-state index is 12.4. The van der Waals surface area contributed by atoms with Crippen LogP contribution in [0.3, 0.4) is 0 Å². The van der Waals surface area contributed by atoms with Crippen LogP contribution in [-0.2, 0) is 0 Å². The quantitative estimate of drug-likeness (QED) is 0.411. The van der Waals surface area contributed by atoms with Crippen LogP contribution >= 0.6 is 0 Å². The van der Waals surface area contributed by atoms with Gasteiger partial charge >= 0.3 is 0 Å². The Kier molecular flexibility index (Phi) is 8.97. The number of nitrogens with zero attached hydrogens (tertiary/aromatic N) is 6. The number of carbonyl (C=O) groups is 1. The molecule has 0 amide bonds. The molecule has 7 heteroatoms. The van der Waals surface area contributed by atoms with Crippen molar-refractivity contribution >= 4 is 22.6 Å². The maximum Gasteiger partial charge on any atom is 0.229 e. The van der Waals surface area contributed by atoms with Crippen molar-refractivity contribution < 1.29 is 4.79 Å². The number of benzene rings is 1. The summed E-state index contributed by atoms with van der Waals surface area (Å²) in [7, 11) is 0. The zero-order valence-corrected chi connectivity index (χ0v) is 20.8. The van der Waals surface area contributed by atoms with E-state index < -0.39 is 0 Å². The molecule has 178 valence electrons. The predicted molar refractivity (Wildman–Crippen MR) is 137 cm³/mol. The molecule has 0 spiro atoms. The molecule has 1 aromatic carbocycles. The fraction of sp³-hybridized carbons (Fsp3) is 0.500. The van der Waals surface area contributed by atoms with E-state index in [-0.39, 0.29) is 5.91 Å². The van der Waals surface area contributed by atoms with Gasteiger partial charge in [0, 0.05) is 50.6 Å². The second-order valence-corrected chi connectivity index (χ2v) is 8.24. The third-order valence-corrected chi connectivity index (χ3v) is 6.42. The molecule has 0 aliphatic heterocycles. The van der Waals surface area contributed by atoms with E-state index in [1.807, 2.05) is 6.07 Å². The SMILES string of the molecule is CCN(CC)CCN(CCN(CC)CC)c1ccc(-c2nc3cnccc3n2C(C)=O)cc1. The molecular weight excluding hydrogens is 412 g/mol. The van der Waals surface area contributed by atoms with E-state index in [1.54, 1.807) is 23.9 Å². The van der Waals surface area contributed by atoms with Gasteiger partial charge in [0.2, 0.25) is 5.91 Å². The van der Waals surface area contributed by atoms with Gasteiger partial charge in [0.1, 0.15) is 11.3 Å². The van der Waals surface area contributed by atoms with Crippen LogP contribution in [0.1, 0.15) is 39.4 Å². The first-order valence-corrected chi connectivity index (χ1v) is 12.2. The van der Waals surface area contributed by atoms with E-state index in [0.717, 1.165) is 69.0 Å². The second-order valence-electron chi connectivity index (χ2n) is 8.24. The minimum atomic E-state index is -0.0529. The summed E-state index contributed by atoms with van der Waals surface area (Å²) < 4.78 is 1.67. The molecule has 0 aliphatic rings. The average Bonchev–Trinajstić information content (AvgIpc) is 3.24. The fourth-order valence-electron chi connectivity index (χ4n) is 4.24. The summed E-state index contributed by atoms with van der Waals surface area (Å²) in [5.41, 5.74) is 3.64. The topological polar surface area (TPSA) is 57.5 Å². The molecule has 0 atom stereocenters. The smallest absolute Gasteiger partial charge is 0.229 e. The second kappa shape index (κ2) is 11.9. The van der Waals surface area contributed by atoms with Crippen LogP contribution in [0.5, 0.6) is 0 Å². The maximum atomic E-state index is 12.4. The molecule has 2 heterocycles. The zero-order chi connectivity index (χ0) is 23.8. The highest BCUT2D eigenvalue weighted by Crippen LogP contribution is 2.26. The van der Waals surface area contributed by atoms with Crippen LogP contribution in [0.4, 0.5) is 5.69 Å². The Morgan fingerprint density at radius 1 is 0.848 bits per heavy atom. The molecule has 2 aromatic heterocycles. The Morgan fingerprint density at radius 2 is 1.42 bits per heavy atom. The van der Waals surface area contributed by atoms with Crippen molar-refractivity contribution in [2.45, 2.75) is 34.6 Å². The van der Waals surface area contributed by atoms with E-state index in [4.69, 9.17) is 4.98 Å². The van der Waals surface area contributed by atoms with E-state index in [2.05, 4.69) is 71.6 Å². The summed E-state index contributed by atoms with van der Waals surface area (Å²) >= 11 is 0. The molecule has 3 rings (SSSR count). The molecule has 0 radical (unpaired) electrons. The average molecular weight is 451 g/mol. The van der Waals surface area contributed by atoms with Crippen LogP contribution < -0.4 is 4.90 Å². The molecule has 0 aliphatic carbocycles. The number of likely N-dealkylation sites (N-methyl/N-ethyl adjacent to an activating group) is 2. The van der Waals surface area contributed by atoms with Crippen LogP contribution in [-0.4, -0.2) is 82.6 Å². The lowest BCUT2D eigenvalue weighted by atomic mass is 10.1. The number of carbonyl (C=O) groups excluding carboxylic acids is 1. The molecule has 7 nitrogen and oxygen atoms in total. The predicted octanol–water partition coefficient (Wildman–Crippen LogP) is 4.25. The van der Waals surface area contributed by atoms with Gasteiger partial charge in [-0.1, -0.05) is 27.7 Å². The van der Waals surface area contributed by atoms with Gasteiger partial charge in [0.15, 0.2) is 0 Å². The number of hydrogen-bond acceptors (Lipinski definition) is 6. The van der Waals surface area contributed by atoms with Gasteiger partial charge < -0.3 is 14.7 Å². The number of imidazole rings is 1. The first-order valence-electron chi connectivity index (χ1n) is 12.2. The van der Waals surface area contributed by atoms with Gasteiger partial charge in [-0.05, 0) is 56.5 Å². The largest absolute Gasteiger partial charge is 0.369 e. The van der Waals surface area contributed by atoms with Gasteiger partial charge in [-0.3, -0.25) is 14.3 Å². The van der Waals surface area contributed by atoms with Crippen molar-refractivity contribution in [1.82, 2.24) is 24.3 Å². The highest BCUT2D eigenvalue weighted by atomic mass is 16.1. The molecule has 0 N–H and O–H groups in total. The van der Waals surface area contributed by atoms with Crippen molar-refractivity contribution in [3.05, 3.63) is 42.7 Å². The number of fused-ring (bicyclic) bond motifs is 1. The van der Waals surface area contributed by atoms with Gasteiger partial charge in [0.05, 0.1) is 11.7 Å². The van der Waals surface area contributed by atoms with E-state index in [9.17, 15) is 4.79 Å². The lowest BCUT2D eigenvalue weighted by Gasteiger charge is -2.30. The minimum absolute atomic E-state index is 0.0529. The molecule has 0 fully saturated rings. The number of aromatic nitrogens is 3. The highest BCUT2D eigenvalue weighted by molar-refractivity contribution is 5.93. The number of pyridine rings is 1. The molecule has 33 heavy (non-hydrogen) atoms. The Bertz CT molecular complexity index is 1000. The monoisotopic (exact) mass is 450 g/mol. The number of anilines is 1. The van der Waals surface area contributed by atoms with E-state index in [0.29, 0.717) is 5.82 Å². The Balaban J connectivity index is 1.87. The molecule has 0 saturated heterocycles. The molecule has 3 aromatic rings. The third kappa shape index (κ3) is 5.97. The van der Waals surface area contributed by atoms with Gasteiger partial charge in [0.25, 0.3) is 0 Å². The van der Waals surface area contributed by atoms with Crippen molar-refractivity contribution in [3.63, 3.8) is 0 Å². The lowest BCUT2D eigenvalue weighted by Crippen LogP contribution is -2.39. The number of rotatable bonds is 12. The Hall–Kier alpha value is -2.77. The summed E-state index contributed by atoms with van der Waals surface area (Å²) in [6.07, 6.45) is 3.40. The normalized spacial score (nSPS) is 11.6. The summed E-state index contributed by atoms with van der Waals surface area (Å²) in [6, 6.07) is 10.3. The molecular formula is C26H38N6O. The van der Waals surface area contributed by atoms with E-state index >= 15 is 0 Å². The van der Waals surface area contributed by atoms with Crippen LogP contribution in [0, 0.1) is 0 Å².